The summed E-state index contributed by atoms with van der Waals surface area (Å²) in [5.74, 6) is 2.15. The molecule has 5 rings (SSSR count). The number of nitrogens with one attached hydrogen (secondary N) is 1. The molecular formula is C26H27N7O2. The molecule has 0 atom stereocenters. The van der Waals surface area contributed by atoms with Crippen molar-refractivity contribution in [1.29, 1.82) is 0 Å². The summed E-state index contributed by atoms with van der Waals surface area (Å²) in [5, 5.41) is 3.86. The number of fused-ring (bicyclic) bond motifs is 1. The first-order valence-corrected chi connectivity index (χ1v) is 11.6. The predicted molar refractivity (Wildman–Crippen MR) is 136 cm³/mol. The quantitative estimate of drug-likeness (QED) is 0.480. The zero-order valence-electron chi connectivity index (χ0n) is 19.8. The van der Waals surface area contributed by atoms with Crippen molar-refractivity contribution in [3.8, 4) is 0 Å². The van der Waals surface area contributed by atoms with Gasteiger partial charge in [-0.2, -0.15) is 0 Å². The molecule has 35 heavy (non-hydrogen) atoms. The molecule has 4 aromatic rings. The summed E-state index contributed by atoms with van der Waals surface area (Å²) in [4.78, 5) is 43.0. The van der Waals surface area contributed by atoms with Gasteiger partial charge in [0.15, 0.2) is 0 Å². The molecule has 1 amide bonds. The lowest BCUT2D eigenvalue weighted by Gasteiger charge is -2.35. The molecule has 1 fully saturated rings. The largest absolute Gasteiger partial charge is 0.353 e. The highest BCUT2D eigenvalue weighted by Gasteiger charge is 2.23. The van der Waals surface area contributed by atoms with Gasteiger partial charge >= 0.3 is 0 Å². The van der Waals surface area contributed by atoms with Gasteiger partial charge < -0.3 is 15.1 Å². The van der Waals surface area contributed by atoms with Crippen molar-refractivity contribution in [2.24, 2.45) is 0 Å². The van der Waals surface area contributed by atoms with E-state index in [1.165, 1.54) is 16.5 Å². The normalized spacial score (nSPS) is 13.8. The van der Waals surface area contributed by atoms with Gasteiger partial charge in [-0.1, -0.05) is 29.8 Å². The average molecular weight is 470 g/mol. The topological polar surface area (TPSA) is 96.2 Å². The highest BCUT2D eigenvalue weighted by molar-refractivity contribution is 5.79. The fourth-order valence-corrected chi connectivity index (χ4v) is 4.21. The Kier molecular flexibility index (Phi) is 6.13. The van der Waals surface area contributed by atoms with Gasteiger partial charge in [0.2, 0.25) is 5.91 Å². The van der Waals surface area contributed by atoms with E-state index in [-0.39, 0.29) is 18.0 Å². The minimum Gasteiger partial charge on any atom is -0.353 e. The monoisotopic (exact) mass is 469 g/mol. The van der Waals surface area contributed by atoms with E-state index in [0.29, 0.717) is 42.9 Å². The number of carbonyl (C=O) groups is 1. The van der Waals surface area contributed by atoms with Crippen molar-refractivity contribution in [3.05, 3.63) is 82.7 Å². The maximum absolute atomic E-state index is 12.9. The van der Waals surface area contributed by atoms with Crippen LogP contribution in [0.4, 0.5) is 17.3 Å². The third-order valence-electron chi connectivity index (χ3n) is 6.14. The number of piperazine rings is 1. The lowest BCUT2D eigenvalue weighted by atomic mass is 10.2. The number of benzene rings is 2. The fraction of sp³-hybridized carbons (Fsp3) is 0.269. The van der Waals surface area contributed by atoms with Crippen LogP contribution < -0.4 is 15.8 Å². The van der Waals surface area contributed by atoms with Gasteiger partial charge in [0.25, 0.3) is 5.56 Å². The van der Waals surface area contributed by atoms with Crippen LogP contribution in [0.15, 0.2) is 65.7 Å². The number of nitrogens with zero attached hydrogens (tertiary/aromatic N) is 6. The molecule has 1 N–H and O–H groups in total. The summed E-state index contributed by atoms with van der Waals surface area (Å²) in [5.41, 5.74) is 2.59. The molecular weight excluding hydrogens is 442 g/mol. The van der Waals surface area contributed by atoms with Gasteiger partial charge in [0, 0.05) is 37.9 Å². The molecule has 0 aliphatic carbocycles. The molecule has 178 valence electrons. The second-order valence-corrected chi connectivity index (χ2v) is 8.71. The predicted octanol–water partition coefficient (Wildman–Crippen LogP) is 2.90. The Bertz CT molecular complexity index is 1420. The van der Waals surface area contributed by atoms with Crippen LogP contribution in [0.2, 0.25) is 0 Å². The number of rotatable bonds is 5. The van der Waals surface area contributed by atoms with Gasteiger partial charge in [-0.25, -0.2) is 15.0 Å². The van der Waals surface area contributed by atoms with Crippen molar-refractivity contribution < 1.29 is 4.79 Å². The molecule has 3 heterocycles. The average Bonchev–Trinajstić information content (AvgIpc) is 2.87. The van der Waals surface area contributed by atoms with Crippen LogP contribution in [0.5, 0.6) is 0 Å². The fourth-order valence-electron chi connectivity index (χ4n) is 4.21. The molecule has 0 bridgehead atoms. The Morgan fingerprint density at radius 1 is 0.971 bits per heavy atom. The molecule has 9 nitrogen and oxygen atoms in total. The van der Waals surface area contributed by atoms with Crippen LogP contribution in [0.1, 0.15) is 11.4 Å². The highest BCUT2D eigenvalue weighted by Crippen LogP contribution is 2.21. The smallest absolute Gasteiger partial charge is 0.261 e. The number of aromatic nitrogens is 4. The van der Waals surface area contributed by atoms with E-state index < -0.39 is 0 Å². The lowest BCUT2D eigenvalue weighted by molar-refractivity contribution is -0.132. The van der Waals surface area contributed by atoms with Gasteiger partial charge in [-0.15, -0.1) is 0 Å². The lowest BCUT2D eigenvalue weighted by Crippen LogP contribution is -2.50. The summed E-state index contributed by atoms with van der Waals surface area (Å²) < 4.78 is 1.38. The number of amides is 1. The molecule has 2 aromatic carbocycles. The van der Waals surface area contributed by atoms with Gasteiger partial charge in [-0.05, 0) is 38.1 Å². The molecule has 0 unspecified atom stereocenters. The number of para-hydroxylation sites is 1. The number of carbonyl (C=O) groups excluding carboxylic acids is 1. The molecule has 0 radical (unpaired) electrons. The third kappa shape index (κ3) is 4.98. The van der Waals surface area contributed by atoms with Gasteiger partial charge in [0.1, 0.15) is 24.0 Å². The van der Waals surface area contributed by atoms with E-state index in [2.05, 4.69) is 44.2 Å². The van der Waals surface area contributed by atoms with Crippen LogP contribution in [-0.4, -0.2) is 56.5 Å². The van der Waals surface area contributed by atoms with Crippen molar-refractivity contribution >= 4 is 34.1 Å². The number of hydrogen-bond donors (Lipinski definition) is 1. The third-order valence-corrected chi connectivity index (χ3v) is 6.14. The van der Waals surface area contributed by atoms with Crippen molar-refractivity contribution in [2.75, 3.05) is 36.4 Å². The number of hydrogen-bond acceptors (Lipinski definition) is 7. The van der Waals surface area contributed by atoms with Gasteiger partial charge in [0.05, 0.1) is 17.2 Å². The SMILES string of the molecule is Cc1ccc(Nc2cc(N3CCN(C(=O)Cn4cnc5ccccc5c4=O)CC3)nc(C)n2)cc1. The molecule has 1 saturated heterocycles. The molecule has 9 heteroatoms. The zero-order chi connectivity index (χ0) is 24.4. The minimum atomic E-state index is -0.201. The van der Waals surface area contributed by atoms with E-state index in [9.17, 15) is 9.59 Å². The maximum Gasteiger partial charge on any atom is 0.261 e. The Balaban J connectivity index is 1.23. The summed E-state index contributed by atoms with van der Waals surface area (Å²) >= 11 is 0. The van der Waals surface area contributed by atoms with E-state index in [1.807, 2.05) is 31.2 Å². The molecule has 0 saturated carbocycles. The van der Waals surface area contributed by atoms with Crippen LogP contribution in [0.3, 0.4) is 0 Å². The second kappa shape index (κ2) is 9.54. The number of aryl methyl sites for hydroxylation is 2. The van der Waals surface area contributed by atoms with E-state index in [4.69, 9.17) is 0 Å². The first-order chi connectivity index (χ1) is 17.0. The van der Waals surface area contributed by atoms with Crippen LogP contribution in [0, 0.1) is 13.8 Å². The van der Waals surface area contributed by atoms with E-state index >= 15 is 0 Å². The molecule has 0 spiro atoms. The molecule has 1 aliphatic rings. The van der Waals surface area contributed by atoms with Crippen LogP contribution >= 0.6 is 0 Å². The first-order valence-electron chi connectivity index (χ1n) is 11.6. The molecule has 2 aromatic heterocycles. The maximum atomic E-state index is 12.9. The van der Waals surface area contributed by atoms with Crippen molar-refractivity contribution in [2.45, 2.75) is 20.4 Å². The van der Waals surface area contributed by atoms with Gasteiger partial charge in [-0.3, -0.25) is 14.2 Å². The Hall–Kier alpha value is -4.27. The first kappa shape index (κ1) is 22.5. The standard InChI is InChI=1S/C26H27N7O2/c1-18-7-9-20(10-8-18)30-23-15-24(29-19(2)28-23)31-11-13-32(14-12-31)25(34)16-33-17-27-22-6-4-3-5-21(22)26(33)35/h3-10,15,17H,11-14,16H2,1-2H3,(H,28,29,30). The van der Waals surface area contributed by atoms with Crippen LogP contribution in [0.25, 0.3) is 10.9 Å². The summed E-state index contributed by atoms with van der Waals surface area (Å²) in [6.07, 6.45) is 1.45. The minimum absolute atomic E-state index is 0.0199. The van der Waals surface area contributed by atoms with E-state index in [0.717, 1.165) is 17.3 Å². The second-order valence-electron chi connectivity index (χ2n) is 8.71. The molecule has 1 aliphatic heterocycles. The van der Waals surface area contributed by atoms with Crippen molar-refractivity contribution in [1.82, 2.24) is 24.4 Å². The summed E-state index contributed by atoms with van der Waals surface area (Å²) in [6.45, 7) is 6.32. The van der Waals surface area contributed by atoms with E-state index in [1.54, 1.807) is 23.1 Å². The zero-order valence-corrected chi connectivity index (χ0v) is 19.8. The Labute approximate surface area is 203 Å². The Morgan fingerprint density at radius 3 is 2.49 bits per heavy atom. The Morgan fingerprint density at radius 2 is 1.71 bits per heavy atom. The van der Waals surface area contributed by atoms with Crippen LogP contribution in [-0.2, 0) is 11.3 Å². The highest BCUT2D eigenvalue weighted by atomic mass is 16.2. The number of anilines is 3. The summed E-state index contributed by atoms with van der Waals surface area (Å²) in [6, 6.07) is 17.2. The van der Waals surface area contributed by atoms with Crippen molar-refractivity contribution in [3.63, 3.8) is 0 Å². The summed E-state index contributed by atoms with van der Waals surface area (Å²) in [7, 11) is 0.